The molecule has 0 aliphatic rings. The summed E-state index contributed by atoms with van der Waals surface area (Å²) in [7, 11) is -9.79. The maximum atomic E-state index is 12.8. The molecular formula is C50H95O17P2-. The molecule has 0 bridgehead atoms. The van der Waals surface area contributed by atoms with E-state index < -0.39 is 91.5 Å². The van der Waals surface area contributed by atoms with Crippen molar-refractivity contribution in [3.05, 3.63) is 6.92 Å². The average Bonchev–Trinajstić information content (AvgIpc) is 3.32. The molecule has 0 aromatic rings. The Morgan fingerprint density at radius 2 is 0.754 bits per heavy atom. The van der Waals surface area contributed by atoms with Gasteiger partial charge in [0.2, 0.25) is 0 Å². The molecule has 5 atom stereocenters. The summed E-state index contributed by atoms with van der Waals surface area (Å²) in [5.41, 5.74) is 0. The van der Waals surface area contributed by atoms with Crippen molar-refractivity contribution in [3.63, 3.8) is 0 Å². The van der Waals surface area contributed by atoms with Crippen LogP contribution in [-0.2, 0) is 65.4 Å². The zero-order valence-corrected chi connectivity index (χ0v) is 44.5. The molecule has 0 aromatic carbocycles. The number of esters is 3. The third kappa shape index (κ3) is 46.9. The fourth-order valence-corrected chi connectivity index (χ4v) is 8.97. The highest BCUT2D eigenvalue weighted by atomic mass is 31.2. The summed E-state index contributed by atoms with van der Waals surface area (Å²) >= 11 is 0. The van der Waals surface area contributed by atoms with Crippen molar-refractivity contribution in [2.45, 2.75) is 250 Å². The number of phosphoric ester groups is 2. The van der Waals surface area contributed by atoms with Gasteiger partial charge in [0.25, 0.3) is 6.47 Å². The molecule has 0 amide bonds. The van der Waals surface area contributed by atoms with E-state index in [1.165, 1.54) is 135 Å². The molecule has 0 aromatic heterocycles. The Hall–Kier alpha value is -1.94. The second-order valence-corrected chi connectivity index (χ2v) is 21.0. The number of hydrogen-bond acceptors (Lipinski definition) is 15. The van der Waals surface area contributed by atoms with Crippen molar-refractivity contribution in [2.24, 2.45) is 0 Å². The number of aliphatic hydroxyl groups excluding tert-OH is 1. The maximum absolute atomic E-state index is 12.8. The quantitative estimate of drug-likeness (QED) is 0.0128. The molecule has 0 rings (SSSR count). The highest BCUT2D eigenvalue weighted by Gasteiger charge is 2.30. The molecule has 0 aliphatic carbocycles. The lowest BCUT2D eigenvalue weighted by Gasteiger charge is -2.21. The summed E-state index contributed by atoms with van der Waals surface area (Å²) in [6.07, 6.45) is 31.9. The number of rotatable bonds is 53. The van der Waals surface area contributed by atoms with E-state index in [9.17, 15) is 43.2 Å². The number of aliphatic hydroxyl groups is 1. The minimum atomic E-state index is -4.92. The zero-order valence-electron chi connectivity index (χ0n) is 42.8. The van der Waals surface area contributed by atoms with Gasteiger partial charge >= 0.3 is 33.6 Å². The lowest BCUT2D eigenvalue weighted by atomic mass is 10.0. The number of carbonyl (C=O) groups is 4. The van der Waals surface area contributed by atoms with E-state index in [1.807, 2.05) is 0 Å². The first-order chi connectivity index (χ1) is 33.3. The monoisotopic (exact) mass is 1030 g/mol. The van der Waals surface area contributed by atoms with E-state index in [1.54, 1.807) is 0 Å². The summed E-state index contributed by atoms with van der Waals surface area (Å²) in [5.74, 6) is -1.78. The Morgan fingerprint density at radius 1 is 0.449 bits per heavy atom. The summed E-state index contributed by atoms with van der Waals surface area (Å²) in [5, 5.41) is 10.2. The number of ether oxygens (including phenoxy) is 4. The molecule has 0 saturated carbocycles. The minimum absolute atomic E-state index is 0.0616. The molecule has 0 aliphatic heterocycles. The molecule has 17 nitrogen and oxygen atoms in total. The summed E-state index contributed by atoms with van der Waals surface area (Å²) in [6.45, 7) is 4.00. The fourth-order valence-electron chi connectivity index (χ4n) is 7.39. The number of unbranched alkanes of at least 4 members (excludes halogenated alkanes) is 28. The molecule has 69 heavy (non-hydrogen) atoms. The number of hydrogen-bond donors (Lipinski definition) is 3. The van der Waals surface area contributed by atoms with E-state index in [0.717, 1.165) is 44.9 Å². The first-order valence-corrected chi connectivity index (χ1v) is 29.6. The molecule has 408 valence electrons. The first kappa shape index (κ1) is 67.1. The van der Waals surface area contributed by atoms with Crippen molar-refractivity contribution >= 4 is 40.0 Å². The van der Waals surface area contributed by atoms with E-state index in [0.29, 0.717) is 12.8 Å². The largest absolute Gasteiger partial charge is 0.472 e. The minimum Gasteiger partial charge on any atom is -0.464 e. The van der Waals surface area contributed by atoms with Gasteiger partial charge in [0.1, 0.15) is 19.3 Å². The van der Waals surface area contributed by atoms with Crippen molar-refractivity contribution in [2.75, 3.05) is 39.6 Å². The molecule has 19 heteroatoms. The Balaban J connectivity index is 4.84. The van der Waals surface area contributed by atoms with Gasteiger partial charge in [0, 0.05) is 19.3 Å². The SMILES string of the molecule is [CH2-]CCC(=O)O[C@H](COC=O)COP(=O)(O)OC[C@H](O)COP(=O)(O)OC[C@@H](COC(=O)CCCCCCCCCCCCCCCCC)OC(=O)CCCCCCCCCCCCCCCCC. The molecule has 0 heterocycles. The molecular weight excluding hydrogens is 934 g/mol. The summed E-state index contributed by atoms with van der Waals surface area (Å²) in [4.78, 5) is 68.2. The number of phosphoric acid groups is 2. The molecule has 0 radical (unpaired) electrons. The van der Waals surface area contributed by atoms with E-state index in [-0.39, 0.29) is 32.2 Å². The fraction of sp³-hybridized carbons (Fsp3) is 0.900. The van der Waals surface area contributed by atoms with Crippen LogP contribution in [0.5, 0.6) is 0 Å². The predicted molar refractivity (Wildman–Crippen MR) is 266 cm³/mol. The molecule has 0 saturated heterocycles. The second kappa shape index (κ2) is 47.1. The molecule has 0 fully saturated rings. The Bertz CT molecular complexity index is 1340. The second-order valence-electron chi connectivity index (χ2n) is 18.1. The highest BCUT2D eigenvalue weighted by Crippen LogP contribution is 2.45. The maximum Gasteiger partial charge on any atom is 0.472 e. The van der Waals surface area contributed by atoms with E-state index >= 15 is 0 Å². The molecule has 0 spiro atoms. The molecule has 2 unspecified atom stereocenters. The van der Waals surface area contributed by atoms with Crippen LogP contribution in [0, 0.1) is 6.92 Å². The van der Waals surface area contributed by atoms with Gasteiger partial charge in [-0.05, 0) is 12.8 Å². The van der Waals surface area contributed by atoms with Gasteiger partial charge in [0.05, 0.1) is 26.4 Å². The van der Waals surface area contributed by atoms with Crippen LogP contribution in [0.3, 0.4) is 0 Å². The Kier molecular flexibility index (Phi) is 45.8. The van der Waals surface area contributed by atoms with Crippen LogP contribution in [0.1, 0.15) is 232 Å². The predicted octanol–water partition coefficient (Wildman–Crippen LogP) is 12.3. The normalized spacial score (nSPS) is 14.6. The van der Waals surface area contributed by atoms with Crippen LogP contribution in [0.15, 0.2) is 0 Å². The van der Waals surface area contributed by atoms with Crippen LogP contribution in [0.2, 0.25) is 0 Å². The summed E-state index contributed by atoms with van der Waals surface area (Å²) in [6, 6.07) is 0. The lowest BCUT2D eigenvalue weighted by molar-refractivity contribution is -0.161. The van der Waals surface area contributed by atoms with Gasteiger partial charge in [-0.1, -0.05) is 194 Å². The van der Waals surface area contributed by atoms with Crippen molar-refractivity contribution in [1.29, 1.82) is 0 Å². The van der Waals surface area contributed by atoms with Gasteiger partial charge in [-0.25, -0.2) is 9.13 Å². The van der Waals surface area contributed by atoms with Crippen molar-refractivity contribution < 1.29 is 80.2 Å². The van der Waals surface area contributed by atoms with Crippen LogP contribution < -0.4 is 0 Å². The third-order valence-corrected chi connectivity index (χ3v) is 13.3. The van der Waals surface area contributed by atoms with Crippen LogP contribution in [0.4, 0.5) is 0 Å². The smallest absolute Gasteiger partial charge is 0.464 e. The topological polar surface area (TPSA) is 237 Å². The lowest BCUT2D eigenvalue weighted by Crippen LogP contribution is -2.30. The third-order valence-electron chi connectivity index (χ3n) is 11.4. The number of carbonyl (C=O) groups excluding carboxylic acids is 4. The van der Waals surface area contributed by atoms with E-state index in [2.05, 4.69) is 25.5 Å². The Morgan fingerprint density at radius 3 is 1.10 bits per heavy atom. The summed E-state index contributed by atoms with van der Waals surface area (Å²) < 4.78 is 64.9. The van der Waals surface area contributed by atoms with Gasteiger partial charge in [-0.3, -0.25) is 37.3 Å². The van der Waals surface area contributed by atoms with Crippen molar-refractivity contribution in [3.8, 4) is 0 Å². The Labute approximate surface area is 416 Å². The van der Waals surface area contributed by atoms with Crippen molar-refractivity contribution in [1.82, 2.24) is 0 Å². The van der Waals surface area contributed by atoms with Crippen LogP contribution in [0.25, 0.3) is 0 Å². The van der Waals surface area contributed by atoms with Gasteiger partial charge in [-0.2, -0.15) is 6.42 Å². The standard InChI is InChI=1S/C50H95O17P2/c1-4-7-9-11-13-15-17-19-21-23-25-27-29-31-33-36-48(53)61-41-47(67-50(55)37-34-32-30-28-26-24-22-20-18-16-14-12-10-8-5-2)43-65-69(58,59)63-39-45(52)38-62-68(56,57)64-42-46(40-60-44-51)66-49(54)35-6-3/h44-47,52H,3-43H2,1-2H3,(H,56,57)(H,58,59)/q-1/t45-,46+,47+/m0/s1. The van der Waals surface area contributed by atoms with Gasteiger partial charge in [0.15, 0.2) is 12.2 Å². The highest BCUT2D eigenvalue weighted by molar-refractivity contribution is 7.47. The van der Waals surface area contributed by atoms with E-state index in [4.69, 9.17) is 32.3 Å². The zero-order chi connectivity index (χ0) is 51.1. The van der Waals surface area contributed by atoms with Crippen LogP contribution >= 0.6 is 15.6 Å². The van der Waals surface area contributed by atoms with Crippen LogP contribution in [-0.4, -0.2) is 97.2 Å². The average molecular weight is 1030 g/mol. The molecule has 3 N–H and O–H groups in total. The van der Waals surface area contributed by atoms with Gasteiger partial charge in [-0.15, -0.1) is 0 Å². The van der Waals surface area contributed by atoms with Gasteiger partial charge < -0.3 is 40.8 Å². The first-order valence-electron chi connectivity index (χ1n) is 26.6.